The Bertz CT molecular complexity index is 694. The normalized spacial score (nSPS) is 17.0. The molecule has 1 aromatic carbocycles. The van der Waals surface area contributed by atoms with E-state index >= 15 is 0 Å². The molecule has 0 saturated carbocycles. The largest absolute Gasteiger partial charge is 0.491 e. The van der Waals surface area contributed by atoms with Gasteiger partial charge in [-0.1, -0.05) is 32.0 Å². The number of hydrogen-bond donors (Lipinski definition) is 1. The van der Waals surface area contributed by atoms with Gasteiger partial charge in [0.05, 0.1) is 16.7 Å². The van der Waals surface area contributed by atoms with Crippen molar-refractivity contribution in [2.45, 2.75) is 39.2 Å². The summed E-state index contributed by atoms with van der Waals surface area (Å²) in [5.74, 6) is 1.22. The molecular weight excluding hydrogens is 296 g/mol. The number of aromatic nitrogens is 1. The van der Waals surface area contributed by atoms with Crippen LogP contribution in [0.1, 0.15) is 45.7 Å². The van der Waals surface area contributed by atoms with E-state index in [2.05, 4.69) is 24.1 Å². The Morgan fingerprint density at radius 1 is 1.41 bits per heavy atom. The summed E-state index contributed by atoms with van der Waals surface area (Å²) >= 11 is 1.49. The van der Waals surface area contributed by atoms with Crippen LogP contribution in [0.25, 0.3) is 0 Å². The zero-order valence-corrected chi connectivity index (χ0v) is 13.9. The van der Waals surface area contributed by atoms with Gasteiger partial charge in [-0.05, 0) is 25.0 Å². The van der Waals surface area contributed by atoms with Gasteiger partial charge < -0.3 is 10.1 Å². The summed E-state index contributed by atoms with van der Waals surface area (Å²) in [6.45, 7) is 6.58. The molecule has 1 amide bonds. The minimum Gasteiger partial charge on any atom is -0.491 e. The summed E-state index contributed by atoms with van der Waals surface area (Å²) in [6, 6.07) is 7.98. The molecule has 22 heavy (non-hydrogen) atoms. The second-order valence-corrected chi connectivity index (χ2v) is 6.95. The zero-order chi connectivity index (χ0) is 15.7. The number of aryl methyl sites for hydroxylation is 1. The Morgan fingerprint density at radius 3 is 2.91 bits per heavy atom. The van der Waals surface area contributed by atoms with Gasteiger partial charge in [-0.15, -0.1) is 11.3 Å². The number of thiazole rings is 1. The Morgan fingerprint density at radius 2 is 2.18 bits per heavy atom. The van der Waals surface area contributed by atoms with E-state index in [1.54, 1.807) is 0 Å². The fraction of sp³-hybridized carbons (Fsp3) is 0.412. The monoisotopic (exact) mass is 316 g/mol. The van der Waals surface area contributed by atoms with E-state index in [-0.39, 0.29) is 11.9 Å². The third-order valence-corrected chi connectivity index (χ3v) is 5.18. The number of benzene rings is 1. The maximum atomic E-state index is 12.5. The first-order chi connectivity index (χ1) is 10.5. The molecule has 1 unspecified atom stereocenters. The molecule has 1 aromatic heterocycles. The van der Waals surface area contributed by atoms with Crippen LogP contribution in [0, 0.1) is 6.92 Å². The van der Waals surface area contributed by atoms with Gasteiger partial charge in [-0.25, -0.2) is 4.98 Å². The number of ether oxygens (including phenoxy) is 1. The van der Waals surface area contributed by atoms with Crippen LogP contribution in [0.2, 0.25) is 0 Å². The predicted octanol–water partition coefficient (Wildman–Crippen LogP) is 3.31. The van der Waals surface area contributed by atoms with E-state index in [9.17, 15) is 4.79 Å². The third kappa shape index (κ3) is 2.99. The lowest BCUT2D eigenvalue weighted by Gasteiger charge is -2.25. The van der Waals surface area contributed by atoms with Gasteiger partial charge in [-0.3, -0.25) is 4.79 Å². The van der Waals surface area contributed by atoms with Crippen molar-refractivity contribution in [3.05, 3.63) is 45.4 Å². The molecular formula is C17H20N2O2S. The fourth-order valence-electron chi connectivity index (χ4n) is 2.55. The highest BCUT2D eigenvalue weighted by molar-refractivity contribution is 7.13. The van der Waals surface area contributed by atoms with Crippen molar-refractivity contribution in [3.8, 4) is 5.75 Å². The van der Waals surface area contributed by atoms with Crippen LogP contribution >= 0.6 is 11.3 Å². The van der Waals surface area contributed by atoms with Crippen LogP contribution in [0.5, 0.6) is 5.75 Å². The van der Waals surface area contributed by atoms with Gasteiger partial charge >= 0.3 is 0 Å². The lowest BCUT2D eigenvalue weighted by atomic mass is 10.0. The number of nitrogens with one attached hydrogen (secondary N) is 1. The van der Waals surface area contributed by atoms with Crippen LogP contribution in [0.4, 0.5) is 0 Å². The average Bonchev–Trinajstić information content (AvgIpc) is 2.89. The second-order valence-electron chi connectivity index (χ2n) is 5.91. The Hall–Kier alpha value is -1.88. The van der Waals surface area contributed by atoms with E-state index in [0.717, 1.165) is 28.4 Å². The van der Waals surface area contributed by atoms with Gasteiger partial charge in [0.25, 0.3) is 5.91 Å². The van der Waals surface area contributed by atoms with Crippen LogP contribution in [0.3, 0.4) is 0 Å². The molecule has 0 saturated heterocycles. The quantitative estimate of drug-likeness (QED) is 0.945. The van der Waals surface area contributed by atoms with Gasteiger partial charge in [0.1, 0.15) is 17.2 Å². The molecule has 3 rings (SSSR count). The molecule has 1 atom stereocenters. The molecule has 0 bridgehead atoms. The molecule has 1 N–H and O–H groups in total. The molecule has 1 aliphatic rings. The van der Waals surface area contributed by atoms with Gasteiger partial charge in [0.2, 0.25) is 0 Å². The van der Waals surface area contributed by atoms with Crippen LogP contribution in [-0.2, 0) is 6.42 Å². The number of nitrogens with zero attached hydrogens (tertiary/aromatic N) is 1. The van der Waals surface area contributed by atoms with Crippen molar-refractivity contribution in [3.63, 3.8) is 0 Å². The second kappa shape index (κ2) is 6.08. The van der Waals surface area contributed by atoms with Gasteiger partial charge in [-0.2, -0.15) is 0 Å². The third-order valence-electron chi connectivity index (χ3n) is 3.73. The lowest BCUT2D eigenvalue weighted by molar-refractivity contribution is 0.0918. The molecule has 1 aliphatic heterocycles. The maximum Gasteiger partial charge on any atom is 0.263 e. The van der Waals surface area contributed by atoms with Crippen LogP contribution in [-0.4, -0.2) is 23.5 Å². The standard InChI is InChI=1S/C17H20N2O2S/c1-10(2)17-18-11(3)15(22-17)16(20)19-13-8-12-6-4-5-7-14(12)21-9-13/h4-7,10,13H,8-9H2,1-3H3,(H,19,20). The topological polar surface area (TPSA) is 51.2 Å². The summed E-state index contributed by atoms with van der Waals surface area (Å²) in [7, 11) is 0. The van der Waals surface area contributed by atoms with Crippen molar-refractivity contribution >= 4 is 17.2 Å². The molecule has 2 heterocycles. The van der Waals surface area contributed by atoms with Crippen molar-refractivity contribution < 1.29 is 9.53 Å². The van der Waals surface area contributed by atoms with Crippen LogP contribution < -0.4 is 10.1 Å². The highest BCUT2D eigenvalue weighted by Crippen LogP contribution is 2.26. The number of carbonyl (C=O) groups excluding carboxylic acids is 1. The number of rotatable bonds is 3. The van der Waals surface area contributed by atoms with E-state index in [1.165, 1.54) is 11.3 Å². The van der Waals surface area contributed by atoms with E-state index in [0.29, 0.717) is 17.4 Å². The SMILES string of the molecule is Cc1nc(C(C)C)sc1C(=O)NC1COc2ccccc2C1. The summed E-state index contributed by atoms with van der Waals surface area (Å²) in [5.41, 5.74) is 1.95. The minimum atomic E-state index is -0.0464. The van der Waals surface area contributed by atoms with Crippen molar-refractivity contribution in [2.75, 3.05) is 6.61 Å². The highest BCUT2D eigenvalue weighted by Gasteiger charge is 2.24. The number of fused-ring (bicyclic) bond motifs is 1. The maximum absolute atomic E-state index is 12.5. The first-order valence-corrected chi connectivity index (χ1v) is 8.35. The summed E-state index contributed by atoms with van der Waals surface area (Å²) in [4.78, 5) is 17.7. The minimum absolute atomic E-state index is 0.00593. The Kier molecular flexibility index (Phi) is 4.16. The number of para-hydroxylation sites is 1. The smallest absolute Gasteiger partial charge is 0.263 e. The molecule has 0 radical (unpaired) electrons. The van der Waals surface area contributed by atoms with Gasteiger partial charge in [0, 0.05) is 5.92 Å². The summed E-state index contributed by atoms with van der Waals surface area (Å²) in [5, 5.41) is 4.08. The van der Waals surface area contributed by atoms with Gasteiger partial charge in [0.15, 0.2) is 0 Å². The van der Waals surface area contributed by atoms with E-state index in [1.807, 2.05) is 31.2 Å². The van der Waals surface area contributed by atoms with E-state index in [4.69, 9.17) is 4.74 Å². The molecule has 0 fully saturated rings. The molecule has 0 aliphatic carbocycles. The zero-order valence-electron chi connectivity index (χ0n) is 13.1. The van der Waals surface area contributed by atoms with Crippen molar-refractivity contribution in [2.24, 2.45) is 0 Å². The van der Waals surface area contributed by atoms with Crippen LogP contribution in [0.15, 0.2) is 24.3 Å². The highest BCUT2D eigenvalue weighted by atomic mass is 32.1. The lowest BCUT2D eigenvalue weighted by Crippen LogP contribution is -2.42. The fourth-order valence-corrected chi connectivity index (χ4v) is 3.52. The predicted molar refractivity (Wildman–Crippen MR) is 87.8 cm³/mol. The Balaban J connectivity index is 1.70. The summed E-state index contributed by atoms with van der Waals surface area (Å²) < 4.78 is 5.72. The average molecular weight is 316 g/mol. The van der Waals surface area contributed by atoms with E-state index < -0.39 is 0 Å². The first kappa shape index (κ1) is 15.0. The van der Waals surface area contributed by atoms with Crippen molar-refractivity contribution in [1.82, 2.24) is 10.3 Å². The molecule has 0 spiro atoms. The number of amides is 1. The molecule has 2 aromatic rings. The summed E-state index contributed by atoms with van der Waals surface area (Å²) in [6.07, 6.45) is 0.802. The molecule has 4 nitrogen and oxygen atoms in total. The number of carbonyl (C=O) groups is 1. The molecule has 116 valence electrons. The van der Waals surface area contributed by atoms with Crippen molar-refractivity contribution in [1.29, 1.82) is 0 Å². The first-order valence-electron chi connectivity index (χ1n) is 7.53. The Labute approximate surface area is 134 Å². The number of hydrogen-bond acceptors (Lipinski definition) is 4. The molecule has 5 heteroatoms.